The van der Waals surface area contributed by atoms with Gasteiger partial charge in [0.25, 0.3) is 0 Å². The molecule has 0 amide bonds. The lowest BCUT2D eigenvalue weighted by molar-refractivity contribution is -0.235. The van der Waals surface area contributed by atoms with Gasteiger partial charge in [0.2, 0.25) is 0 Å². The van der Waals surface area contributed by atoms with Crippen LogP contribution in [-0.4, -0.2) is 75.2 Å². The summed E-state index contributed by atoms with van der Waals surface area (Å²) in [6.07, 6.45) is 11.4. The van der Waals surface area contributed by atoms with E-state index in [4.69, 9.17) is 29.1 Å². The molecule has 10 heteroatoms. The maximum absolute atomic E-state index is 6.39. The normalized spacial score (nSPS) is 24.2. The second kappa shape index (κ2) is 10.4. The molecule has 0 unspecified atom stereocenters. The molecule has 3 aromatic rings. The molecule has 1 aliphatic heterocycles. The van der Waals surface area contributed by atoms with Crippen molar-refractivity contribution >= 4 is 22.8 Å². The Bertz CT molecular complexity index is 1350. The van der Waals surface area contributed by atoms with Crippen LogP contribution in [0.3, 0.4) is 0 Å². The summed E-state index contributed by atoms with van der Waals surface area (Å²) in [6.45, 7) is 7.83. The zero-order valence-corrected chi connectivity index (χ0v) is 25.1. The molecular weight excluding hydrogens is 512 g/mol. The Morgan fingerprint density at radius 1 is 1.08 bits per heavy atom. The lowest BCUT2D eigenvalue weighted by Gasteiger charge is -2.50. The van der Waals surface area contributed by atoms with Crippen molar-refractivity contribution in [2.24, 2.45) is 0 Å². The Morgan fingerprint density at radius 2 is 1.82 bits per heavy atom. The van der Waals surface area contributed by atoms with E-state index in [-0.39, 0.29) is 11.5 Å². The molecule has 0 aromatic carbocycles. The minimum atomic E-state index is -0.599. The molecule has 3 aliphatic rings. The van der Waals surface area contributed by atoms with Gasteiger partial charge >= 0.3 is 0 Å². The number of hydrogen-bond acceptors (Lipinski definition) is 9. The molecule has 1 saturated heterocycles. The molecular formula is C29H42N6O3S. The van der Waals surface area contributed by atoms with Gasteiger partial charge < -0.3 is 18.9 Å². The van der Waals surface area contributed by atoms with Gasteiger partial charge in [-0.15, -0.1) is 11.8 Å². The standard InChI is InChI=1S/C29H42N6O3S/c1-7-11-21(34(4)5)19(3)35-26-22(18(2)32-35)27(39-6)31-25(30-26)23-20-12-10-14-28(24(20)38-33-23)13-8-9-15-29(28)36-16-17-37-29/h19,21H,7-17H2,1-6H3/t19-,21-,28-/m0/s1. The number of ether oxygens (including phenoxy) is 2. The van der Waals surface area contributed by atoms with Gasteiger partial charge in [0.05, 0.1) is 35.8 Å². The number of rotatable bonds is 7. The Labute approximate surface area is 235 Å². The third-order valence-corrected chi connectivity index (χ3v) is 10.1. The molecule has 3 aromatic heterocycles. The van der Waals surface area contributed by atoms with Crippen LogP contribution in [0.25, 0.3) is 22.6 Å². The second-order valence-electron chi connectivity index (χ2n) is 11.8. The third-order valence-electron chi connectivity index (χ3n) is 9.38. The summed E-state index contributed by atoms with van der Waals surface area (Å²) in [7, 11) is 4.30. The first-order chi connectivity index (χ1) is 18.9. The van der Waals surface area contributed by atoms with Crippen molar-refractivity contribution in [1.29, 1.82) is 0 Å². The SMILES string of the molecule is CCC[C@@H]([C@H](C)n1nc(C)c2c(SC)nc(-c3noc4c3CCC[C@@]43CCCCC34OCCO4)nc21)N(C)C. The van der Waals surface area contributed by atoms with Crippen LogP contribution in [0.5, 0.6) is 0 Å². The molecule has 9 nitrogen and oxygen atoms in total. The van der Waals surface area contributed by atoms with Gasteiger partial charge in [0.1, 0.15) is 5.03 Å². The van der Waals surface area contributed by atoms with Crippen molar-refractivity contribution in [3.8, 4) is 11.5 Å². The minimum absolute atomic E-state index is 0.155. The summed E-state index contributed by atoms with van der Waals surface area (Å²) in [6, 6.07) is 0.504. The number of hydrogen-bond donors (Lipinski definition) is 0. The summed E-state index contributed by atoms with van der Waals surface area (Å²) in [5, 5.41) is 11.6. The summed E-state index contributed by atoms with van der Waals surface area (Å²) < 4.78 is 21.2. The predicted octanol–water partition coefficient (Wildman–Crippen LogP) is 5.69. The van der Waals surface area contributed by atoms with Crippen molar-refractivity contribution < 1.29 is 14.0 Å². The number of fused-ring (bicyclic) bond motifs is 4. The van der Waals surface area contributed by atoms with E-state index in [1.807, 2.05) is 0 Å². The van der Waals surface area contributed by atoms with E-state index >= 15 is 0 Å². The number of nitrogens with zero attached hydrogens (tertiary/aromatic N) is 6. The molecule has 2 spiro atoms. The molecule has 212 valence electrons. The lowest BCUT2D eigenvalue weighted by atomic mass is 9.61. The van der Waals surface area contributed by atoms with Gasteiger partial charge in [-0.2, -0.15) is 5.10 Å². The monoisotopic (exact) mass is 554 g/mol. The van der Waals surface area contributed by atoms with Gasteiger partial charge in [-0.3, -0.25) is 0 Å². The average molecular weight is 555 g/mol. The van der Waals surface area contributed by atoms with Gasteiger partial charge in [-0.1, -0.05) is 24.9 Å². The maximum atomic E-state index is 6.39. The number of thioether (sulfide) groups is 1. The Kier molecular flexibility index (Phi) is 7.27. The molecule has 2 aliphatic carbocycles. The van der Waals surface area contributed by atoms with E-state index in [0.29, 0.717) is 25.1 Å². The average Bonchev–Trinajstić information content (AvgIpc) is 3.67. The summed E-state index contributed by atoms with van der Waals surface area (Å²) in [4.78, 5) is 12.5. The third kappa shape index (κ3) is 4.16. The molecule has 6 rings (SSSR count). The molecule has 39 heavy (non-hydrogen) atoms. The fourth-order valence-corrected chi connectivity index (χ4v) is 8.18. The van der Waals surface area contributed by atoms with E-state index in [0.717, 1.165) is 96.6 Å². The van der Waals surface area contributed by atoms with Crippen LogP contribution < -0.4 is 0 Å². The van der Waals surface area contributed by atoms with Crippen LogP contribution in [0.2, 0.25) is 0 Å². The topological polar surface area (TPSA) is 91.3 Å². The minimum Gasteiger partial charge on any atom is -0.360 e. The first kappa shape index (κ1) is 27.2. The van der Waals surface area contributed by atoms with Gasteiger partial charge in [-0.05, 0) is 72.7 Å². The number of aromatic nitrogens is 5. The van der Waals surface area contributed by atoms with Crippen LogP contribution in [0.1, 0.15) is 88.3 Å². The van der Waals surface area contributed by atoms with Crippen molar-refractivity contribution in [1.82, 2.24) is 29.8 Å². The van der Waals surface area contributed by atoms with Crippen molar-refractivity contribution in [2.75, 3.05) is 33.6 Å². The molecule has 0 bridgehead atoms. The highest BCUT2D eigenvalue weighted by Crippen LogP contribution is 2.57. The number of likely N-dealkylation sites (N-methyl/N-ethyl adjacent to an activating group) is 1. The largest absolute Gasteiger partial charge is 0.360 e. The zero-order valence-electron chi connectivity index (χ0n) is 24.2. The molecule has 0 N–H and O–H groups in total. The fourth-order valence-electron chi connectivity index (χ4n) is 7.56. The van der Waals surface area contributed by atoms with Gasteiger partial charge in [0.15, 0.2) is 28.7 Å². The van der Waals surface area contributed by atoms with Crippen LogP contribution in [0.15, 0.2) is 9.55 Å². The Hall–Kier alpha value is -2.01. The first-order valence-electron chi connectivity index (χ1n) is 14.6. The van der Waals surface area contributed by atoms with Gasteiger partial charge in [-0.25, -0.2) is 14.6 Å². The first-order valence-corrected chi connectivity index (χ1v) is 15.8. The molecule has 0 radical (unpaired) electrons. The highest BCUT2D eigenvalue weighted by Gasteiger charge is 2.61. The van der Waals surface area contributed by atoms with Crippen molar-refractivity contribution in [3.63, 3.8) is 0 Å². The van der Waals surface area contributed by atoms with Crippen LogP contribution in [-0.2, 0) is 21.3 Å². The maximum Gasteiger partial charge on any atom is 0.185 e. The molecule has 3 atom stereocenters. The Morgan fingerprint density at radius 3 is 2.54 bits per heavy atom. The summed E-state index contributed by atoms with van der Waals surface area (Å²) >= 11 is 1.63. The number of aryl methyl sites for hydroxylation is 1. The lowest BCUT2D eigenvalue weighted by Crippen LogP contribution is -2.56. The van der Waals surface area contributed by atoms with Crippen molar-refractivity contribution in [3.05, 3.63) is 17.0 Å². The van der Waals surface area contributed by atoms with E-state index in [9.17, 15) is 0 Å². The predicted molar refractivity (Wildman–Crippen MR) is 152 cm³/mol. The Balaban J connectivity index is 1.48. The van der Waals surface area contributed by atoms with E-state index < -0.39 is 5.79 Å². The highest BCUT2D eigenvalue weighted by molar-refractivity contribution is 7.98. The highest BCUT2D eigenvalue weighted by atomic mass is 32.2. The van der Waals surface area contributed by atoms with E-state index in [1.165, 1.54) is 0 Å². The second-order valence-corrected chi connectivity index (χ2v) is 12.6. The van der Waals surface area contributed by atoms with E-state index in [1.54, 1.807) is 11.8 Å². The van der Waals surface area contributed by atoms with Crippen molar-refractivity contribution in [2.45, 2.75) is 107 Å². The molecule has 2 fully saturated rings. The van der Waals surface area contributed by atoms with E-state index in [2.05, 4.69) is 55.9 Å². The van der Waals surface area contributed by atoms with Crippen LogP contribution in [0.4, 0.5) is 0 Å². The fraction of sp³-hybridized carbons (Fsp3) is 0.724. The van der Waals surface area contributed by atoms with Crippen LogP contribution >= 0.6 is 11.8 Å². The smallest absolute Gasteiger partial charge is 0.185 e. The zero-order chi connectivity index (χ0) is 27.4. The molecule has 1 saturated carbocycles. The summed E-state index contributed by atoms with van der Waals surface area (Å²) in [5.74, 6) is 0.962. The van der Waals surface area contributed by atoms with Gasteiger partial charge in [0, 0.05) is 18.0 Å². The van der Waals surface area contributed by atoms with Crippen LogP contribution in [0, 0.1) is 6.92 Å². The molecule has 4 heterocycles. The quantitative estimate of drug-likeness (QED) is 0.270. The summed E-state index contributed by atoms with van der Waals surface area (Å²) in [5.41, 5.74) is 3.43.